The predicted octanol–water partition coefficient (Wildman–Crippen LogP) is 2.83. The van der Waals surface area contributed by atoms with E-state index >= 15 is 0 Å². The number of nitrogens with zero attached hydrogens (tertiary/aromatic N) is 1. The average molecular weight is 300 g/mol. The van der Waals surface area contributed by atoms with E-state index in [-0.39, 0.29) is 17.0 Å². The van der Waals surface area contributed by atoms with Gasteiger partial charge in [-0.05, 0) is 30.3 Å². The van der Waals surface area contributed by atoms with Crippen molar-refractivity contribution in [1.29, 1.82) is 0 Å². The van der Waals surface area contributed by atoms with Crippen molar-refractivity contribution in [3.05, 3.63) is 69.7 Å². The second-order valence-corrected chi connectivity index (χ2v) is 4.80. The van der Waals surface area contributed by atoms with Crippen LogP contribution in [0.3, 0.4) is 0 Å². The Morgan fingerprint density at radius 3 is 2.90 bits per heavy atom. The summed E-state index contributed by atoms with van der Waals surface area (Å²) < 4.78 is 0. The van der Waals surface area contributed by atoms with Crippen LogP contribution in [0.1, 0.15) is 10.4 Å². The zero-order valence-corrected chi connectivity index (χ0v) is 11.5. The number of nitrogens with one attached hydrogen (secondary N) is 2. The number of H-pyrrole nitrogens is 1. The molecule has 0 bridgehead atoms. The highest BCUT2D eigenvalue weighted by Crippen LogP contribution is 2.28. The van der Waals surface area contributed by atoms with Gasteiger partial charge < -0.3 is 10.3 Å². The number of aromatic nitrogens is 2. The summed E-state index contributed by atoms with van der Waals surface area (Å²) in [6.07, 6.45) is 3.05. The first-order valence-electron chi connectivity index (χ1n) is 6.18. The van der Waals surface area contributed by atoms with Crippen LogP contribution < -0.4 is 10.9 Å². The van der Waals surface area contributed by atoms with E-state index in [0.29, 0.717) is 16.2 Å². The summed E-state index contributed by atoms with van der Waals surface area (Å²) in [6.45, 7) is 0. The average Bonchev–Trinajstić information content (AvgIpc) is 2.50. The lowest BCUT2D eigenvalue weighted by atomic mass is 10.1. The largest absolute Gasteiger partial charge is 0.329 e. The van der Waals surface area contributed by atoms with Gasteiger partial charge in [0.1, 0.15) is 0 Å². The van der Waals surface area contributed by atoms with E-state index in [9.17, 15) is 9.59 Å². The van der Waals surface area contributed by atoms with Gasteiger partial charge in [-0.15, -0.1) is 0 Å². The normalized spacial score (nSPS) is 10.5. The molecule has 3 aromatic rings. The summed E-state index contributed by atoms with van der Waals surface area (Å²) >= 11 is 6.11. The number of carbonyl (C=O) groups is 1. The molecule has 21 heavy (non-hydrogen) atoms. The van der Waals surface area contributed by atoms with E-state index in [1.165, 1.54) is 18.3 Å². The molecule has 1 amide bonds. The predicted molar refractivity (Wildman–Crippen MR) is 81.8 cm³/mol. The third-order valence-corrected chi connectivity index (χ3v) is 3.33. The number of halogens is 1. The molecule has 104 valence electrons. The van der Waals surface area contributed by atoms with E-state index in [1.54, 1.807) is 24.4 Å². The molecule has 2 heterocycles. The maximum absolute atomic E-state index is 12.2. The molecule has 0 unspecified atom stereocenters. The van der Waals surface area contributed by atoms with Crippen LogP contribution in [-0.2, 0) is 0 Å². The number of benzene rings is 1. The van der Waals surface area contributed by atoms with E-state index in [2.05, 4.69) is 15.3 Å². The van der Waals surface area contributed by atoms with Crippen LogP contribution in [0.25, 0.3) is 10.9 Å². The van der Waals surface area contributed by atoms with Gasteiger partial charge in [0.15, 0.2) is 0 Å². The lowest BCUT2D eigenvalue weighted by Gasteiger charge is -2.08. The van der Waals surface area contributed by atoms with Crippen LogP contribution in [0.5, 0.6) is 0 Å². The minimum atomic E-state index is -0.379. The zero-order chi connectivity index (χ0) is 14.8. The standard InChI is InChI=1S/C15H10ClN3O2/c16-11-3-4-12(14-10(11)2-1-6-18-14)19-15(21)9-5-7-17-13(20)8-9/h1-8H,(H,17,20)(H,19,21). The molecule has 0 saturated carbocycles. The van der Waals surface area contributed by atoms with Crippen molar-refractivity contribution in [3.63, 3.8) is 0 Å². The monoisotopic (exact) mass is 299 g/mol. The lowest BCUT2D eigenvalue weighted by molar-refractivity contribution is 0.102. The summed E-state index contributed by atoms with van der Waals surface area (Å²) in [7, 11) is 0. The third kappa shape index (κ3) is 2.64. The molecule has 5 nitrogen and oxygen atoms in total. The van der Waals surface area contributed by atoms with E-state index < -0.39 is 0 Å². The molecule has 1 aromatic carbocycles. The molecule has 0 spiro atoms. The summed E-state index contributed by atoms with van der Waals surface area (Å²) in [5, 5.41) is 4.06. The maximum atomic E-state index is 12.2. The van der Waals surface area contributed by atoms with Gasteiger partial charge in [0.2, 0.25) is 5.56 Å². The number of aromatic amines is 1. The number of anilines is 1. The highest BCUT2D eigenvalue weighted by atomic mass is 35.5. The molecule has 3 rings (SSSR count). The van der Waals surface area contributed by atoms with Crippen molar-refractivity contribution in [2.45, 2.75) is 0 Å². The van der Waals surface area contributed by atoms with Crippen LogP contribution >= 0.6 is 11.6 Å². The highest BCUT2D eigenvalue weighted by Gasteiger charge is 2.10. The van der Waals surface area contributed by atoms with Gasteiger partial charge >= 0.3 is 0 Å². The Bertz CT molecular complexity index is 889. The zero-order valence-electron chi connectivity index (χ0n) is 10.8. The molecule has 0 aliphatic carbocycles. The second-order valence-electron chi connectivity index (χ2n) is 4.39. The molecular weight excluding hydrogens is 290 g/mol. The first kappa shape index (κ1) is 13.3. The number of amides is 1. The van der Waals surface area contributed by atoms with Gasteiger partial charge in [-0.25, -0.2) is 0 Å². The van der Waals surface area contributed by atoms with E-state index in [4.69, 9.17) is 11.6 Å². The molecule has 0 atom stereocenters. The number of rotatable bonds is 2. The van der Waals surface area contributed by atoms with Crippen LogP contribution in [0.4, 0.5) is 5.69 Å². The third-order valence-electron chi connectivity index (χ3n) is 3.00. The Morgan fingerprint density at radius 1 is 1.24 bits per heavy atom. The Hall–Kier alpha value is -2.66. The molecule has 0 radical (unpaired) electrons. The minimum absolute atomic E-state index is 0.276. The smallest absolute Gasteiger partial charge is 0.255 e. The second kappa shape index (κ2) is 5.38. The van der Waals surface area contributed by atoms with Crippen molar-refractivity contribution >= 4 is 34.1 Å². The van der Waals surface area contributed by atoms with Crippen LogP contribution in [0.15, 0.2) is 53.6 Å². The summed E-state index contributed by atoms with van der Waals surface area (Å²) in [4.78, 5) is 30.1. The van der Waals surface area contributed by atoms with Gasteiger partial charge in [0.25, 0.3) is 5.91 Å². The Labute approximate surface area is 124 Å². The van der Waals surface area contributed by atoms with Crippen molar-refractivity contribution in [1.82, 2.24) is 9.97 Å². The number of carbonyl (C=O) groups excluding carboxylic acids is 1. The van der Waals surface area contributed by atoms with Crippen molar-refractivity contribution in [2.75, 3.05) is 5.32 Å². The van der Waals surface area contributed by atoms with Gasteiger partial charge in [-0.2, -0.15) is 0 Å². The maximum Gasteiger partial charge on any atom is 0.255 e. The Kier molecular flexibility index (Phi) is 3.41. The Morgan fingerprint density at radius 2 is 2.10 bits per heavy atom. The van der Waals surface area contributed by atoms with Crippen molar-refractivity contribution in [3.8, 4) is 0 Å². The quantitative estimate of drug-likeness (QED) is 0.764. The first-order valence-corrected chi connectivity index (χ1v) is 6.56. The van der Waals surface area contributed by atoms with Crippen molar-refractivity contribution in [2.24, 2.45) is 0 Å². The van der Waals surface area contributed by atoms with E-state index in [1.807, 2.05) is 6.07 Å². The van der Waals surface area contributed by atoms with E-state index in [0.717, 1.165) is 5.39 Å². The molecule has 0 aliphatic rings. The SMILES string of the molecule is O=C(Nc1ccc(Cl)c2cccnc12)c1cc[nH]c(=O)c1. The molecule has 6 heteroatoms. The lowest BCUT2D eigenvalue weighted by Crippen LogP contribution is -2.15. The first-order chi connectivity index (χ1) is 10.1. The molecule has 2 aromatic heterocycles. The fourth-order valence-corrected chi connectivity index (χ4v) is 2.23. The number of hydrogen-bond donors (Lipinski definition) is 2. The minimum Gasteiger partial charge on any atom is -0.329 e. The number of hydrogen-bond acceptors (Lipinski definition) is 3. The summed E-state index contributed by atoms with van der Waals surface area (Å²) in [6, 6.07) is 9.75. The van der Waals surface area contributed by atoms with Gasteiger partial charge in [-0.1, -0.05) is 11.6 Å². The van der Waals surface area contributed by atoms with Gasteiger partial charge in [-0.3, -0.25) is 14.6 Å². The fraction of sp³-hybridized carbons (Fsp3) is 0. The van der Waals surface area contributed by atoms with Crippen LogP contribution in [0, 0.1) is 0 Å². The Balaban J connectivity index is 2.01. The summed E-state index contributed by atoms with van der Waals surface area (Å²) in [5.74, 6) is -0.379. The van der Waals surface area contributed by atoms with Gasteiger partial charge in [0.05, 0.1) is 16.2 Å². The topological polar surface area (TPSA) is 74.8 Å². The summed E-state index contributed by atoms with van der Waals surface area (Å²) in [5.41, 5.74) is 1.09. The van der Waals surface area contributed by atoms with Gasteiger partial charge in [0, 0.05) is 29.4 Å². The molecular formula is C15H10ClN3O2. The van der Waals surface area contributed by atoms with Crippen LogP contribution in [-0.4, -0.2) is 15.9 Å². The number of fused-ring (bicyclic) bond motifs is 1. The fourth-order valence-electron chi connectivity index (χ4n) is 2.02. The molecule has 0 aliphatic heterocycles. The molecule has 0 saturated heterocycles. The number of pyridine rings is 2. The molecule has 2 N–H and O–H groups in total. The van der Waals surface area contributed by atoms with Crippen molar-refractivity contribution < 1.29 is 4.79 Å². The highest BCUT2D eigenvalue weighted by molar-refractivity contribution is 6.36. The molecule has 0 fully saturated rings. The van der Waals surface area contributed by atoms with Crippen LogP contribution in [0.2, 0.25) is 5.02 Å².